The van der Waals surface area contributed by atoms with Gasteiger partial charge in [0.05, 0.1) is 18.4 Å². The topological polar surface area (TPSA) is 71.1 Å². The molecule has 0 aliphatic carbocycles. The summed E-state index contributed by atoms with van der Waals surface area (Å²) in [7, 11) is 1.76. The van der Waals surface area contributed by atoms with E-state index in [2.05, 4.69) is 11.2 Å². The Labute approximate surface area is 117 Å². The highest BCUT2D eigenvalue weighted by Gasteiger charge is 2.46. The number of nitriles is 1. The number of aromatic nitrogens is 2. The summed E-state index contributed by atoms with van der Waals surface area (Å²) in [6.45, 7) is 0.416. The van der Waals surface area contributed by atoms with Crippen molar-refractivity contribution in [2.24, 2.45) is 7.05 Å². The SMILES string of the molecule is Cn1nccc1C(O)C1(C#N)CCOc2ccccc21. The molecule has 102 valence electrons. The van der Waals surface area contributed by atoms with Gasteiger partial charge in [0, 0.05) is 25.2 Å². The Hall–Kier alpha value is -2.32. The first-order valence-corrected chi connectivity index (χ1v) is 6.48. The normalized spacial score (nSPS) is 22.4. The molecule has 1 aromatic heterocycles. The second kappa shape index (κ2) is 4.66. The average Bonchev–Trinajstić information content (AvgIpc) is 2.92. The Morgan fingerprint density at radius 1 is 1.45 bits per heavy atom. The van der Waals surface area contributed by atoms with E-state index in [-0.39, 0.29) is 0 Å². The highest BCUT2D eigenvalue weighted by molar-refractivity contribution is 5.47. The maximum absolute atomic E-state index is 10.8. The molecule has 0 fully saturated rings. The van der Waals surface area contributed by atoms with E-state index in [1.54, 1.807) is 24.0 Å². The van der Waals surface area contributed by atoms with Gasteiger partial charge in [-0.3, -0.25) is 4.68 Å². The Kier molecular flexibility index (Phi) is 2.96. The van der Waals surface area contributed by atoms with Gasteiger partial charge in [-0.2, -0.15) is 10.4 Å². The number of aryl methyl sites for hydroxylation is 1. The molecule has 5 heteroatoms. The van der Waals surface area contributed by atoms with E-state index in [0.29, 0.717) is 24.5 Å². The largest absolute Gasteiger partial charge is 0.493 e. The van der Waals surface area contributed by atoms with E-state index in [1.807, 2.05) is 24.3 Å². The first kappa shape index (κ1) is 12.7. The summed E-state index contributed by atoms with van der Waals surface area (Å²) in [6.07, 6.45) is 1.13. The smallest absolute Gasteiger partial charge is 0.124 e. The van der Waals surface area contributed by atoms with Crippen molar-refractivity contribution in [1.82, 2.24) is 9.78 Å². The molecule has 3 rings (SSSR count). The molecule has 0 spiro atoms. The molecule has 5 nitrogen and oxygen atoms in total. The van der Waals surface area contributed by atoms with Gasteiger partial charge in [-0.05, 0) is 12.1 Å². The number of rotatable bonds is 2. The van der Waals surface area contributed by atoms with Crippen LogP contribution in [0.5, 0.6) is 5.75 Å². The third-order valence-corrected chi connectivity index (χ3v) is 3.93. The highest BCUT2D eigenvalue weighted by atomic mass is 16.5. The van der Waals surface area contributed by atoms with Crippen molar-refractivity contribution >= 4 is 0 Å². The highest BCUT2D eigenvalue weighted by Crippen LogP contribution is 2.46. The van der Waals surface area contributed by atoms with Crippen LogP contribution in [-0.2, 0) is 12.5 Å². The van der Waals surface area contributed by atoms with E-state index in [0.717, 1.165) is 5.56 Å². The fraction of sp³-hybridized carbons (Fsp3) is 0.333. The van der Waals surface area contributed by atoms with Crippen molar-refractivity contribution in [3.63, 3.8) is 0 Å². The van der Waals surface area contributed by atoms with Crippen molar-refractivity contribution in [1.29, 1.82) is 5.26 Å². The molecule has 20 heavy (non-hydrogen) atoms. The van der Waals surface area contributed by atoms with Crippen LogP contribution in [0.4, 0.5) is 0 Å². The molecule has 0 bridgehead atoms. The molecule has 0 radical (unpaired) electrons. The molecule has 0 saturated carbocycles. The standard InChI is InChI=1S/C15H15N3O2/c1-18-12(6-8-17-18)14(19)15(10-16)7-9-20-13-5-3-2-4-11(13)15/h2-6,8,14,19H,7,9H2,1H3. The lowest BCUT2D eigenvalue weighted by molar-refractivity contribution is 0.0742. The summed E-state index contributed by atoms with van der Waals surface area (Å²) in [5.74, 6) is 0.668. The van der Waals surface area contributed by atoms with Gasteiger partial charge in [0.1, 0.15) is 17.3 Å². The molecule has 1 aromatic carbocycles. The number of nitrogens with zero attached hydrogens (tertiary/aromatic N) is 3. The van der Waals surface area contributed by atoms with Crippen molar-refractivity contribution in [2.45, 2.75) is 17.9 Å². The van der Waals surface area contributed by atoms with Gasteiger partial charge in [-0.25, -0.2) is 0 Å². The van der Waals surface area contributed by atoms with Crippen molar-refractivity contribution < 1.29 is 9.84 Å². The van der Waals surface area contributed by atoms with Crippen LogP contribution in [0.3, 0.4) is 0 Å². The summed E-state index contributed by atoms with van der Waals surface area (Å²) in [5, 5.41) is 24.6. The fourth-order valence-corrected chi connectivity index (χ4v) is 2.78. The summed E-state index contributed by atoms with van der Waals surface area (Å²) in [4.78, 5) is 0. The molecule has 0 amide bonds. The molecule has 0 saturated heterocycles. The van der Waals surface area contributed by atoms with Crippen molar-refractivity contribution in [3.05, 3.63) is 47.8 Å². The summed E-state index contributed by atoms with van der Waals surface area (Å²) in [5.41, 5.74) is 0.369. The summed E-state index contributed by atoms with van der Waals surface area (Å²) < 4.78 is 7.19. The summed E-state index contributed by atoms with van der Waals surface area (Å²) in [6, 6.07) is 11.5. The maximum atomic E-state index is 10.8. The zero-order valence-electron chi connectivity index (χ0n) is 11.2. The van der Waals surface area contributed by atoms with E-state index in [1.165, 1.54) is 0 Å². The number of hydrogen-bond acceptors (Lipinski definition) is 4. The molecule has 1 N–H and O–H groups in total. The average molecular weight is 269 g/mol. The molecule has 2 heterocycles. The van der Waals surface area contributed by atoms with E-state index < -0.39 is 11.5 Å². The van der Waals surface area contributed by atoms with Crippen molar-refractivity contribution in [2.75, 3.05) is 6.61 Å². The lowest BCUT2D eigenvalue weighted by Gasteiger charge is -2.36. The van der Waals surface area contributed by atoms with Crippen LogP contribution in [0, 0.1) is 11.3 Å². The Morgan fingerprint density at radius 3 is 2.95 bits per heavy atom. The Morgan fingerprint density at radius 2 is 2.25 bits per heavy atom. The number of aliphatic hydroxyl groups excluding tert-OH is 1. The first-order valence-electron chi connectivity index (χ1n) is 6.48. The zero-order chi connectivity index (χ0) is 14.2. The van der Waals surface area contributed by atoms with Crippen LogP contribution in [0.1, 0.15) is 23.8 Å². The zero-order valence-corrected chi connectivity index (χ0v) is 11.2. The van der Waals surface area contributed by atoms with E-state index >= 15 is 0 Å². The molecule has 1 aliphatic rings. The van der Waals surface area contributed by atoms with Crippen LogP contribution in [0.25, 0.3) is 0 Å². The number of para-hydroxylation sites is 1. The third-order valence-electron chi connectivity index (χ3n) is 3.93. The summed E-state index contributed by atoms with van der Waals surface area (Å²) >= 11 is 0. The van der Waals surface area contributed by atoms with E-state index in [4.69, 9.17) is 4.74 Å². The molecular formula is C15H15N3O2. The lowest BCUT2D eigenvalue weighted by Crippen LogP contribution is -2.38. The van der Waals surface area contributed by atoms with Gasteiger partial charge in [-0.1, -0.05) is 18.2 Å². The minimum Gasteiger partial charge on any atom is -0.493 e. The van der Waals surface area contributed by atoms with E-state index in [9.17, 15) is 10.4 Å². The number of hydrogen-bond donors (Lipinski definition) is 1. The van der Waals surface area contributed by atoms with Crippen LogP contribution in [0.15, 0.2) is 36.5 Å². The molecular weight excluding hydrogens is 254 g/mol. The fourth-order valence-electron chi connectivity index (χ4n) is 2.78. The van der Waals surface area contributed by atoms with Gasteiger partial charge in [0.25, 0.3) is 0 Å². The monoisotopic (exact) mass is 269 g/mol. The molecule has 2 atom stereocenters. The first-order chi connectivity index (χ1) is 9.69. The predicted molar refractivity (Wildman–Crippen MR) is 72.0 cm³/mol. The number of ether oxygens (including phenoxy) is 1. The van der Waals surface area contributed by atoms with Gasteiger partial charge in [-0.15, -0.1) is 0 Å². The number of fused-ring (bicyclic) bond motifs is 1. The molecule has 1 aliphatic heterocycles. The van der Waals surface area contributed by atoms with Gasteiger partial charge >= 0.3 is 0 Å². The van der Waals surface area contributed by atoms with Gasteiger partial charge in [0.15, 0.2) is 0 Å². The van der Waals surface area contributed by atoms with Crippen LogP contribution < -0.4 is 4.74 Å². The number of benzene rings is 1. The van der Waals surface area contributed by atoms with Gasteiger partial charge in [0.2, 0.25) is 0 Å². The van der Waals surface area contributed by atoms with Crippen molar-refractivity contribution in [3.8, 4) is 11.8 Å². The minimum absolute atomic E-state index is 0.416. The molecule has 2 unspecified atom stereocenters. The van der Waals surface area contributed by atoms with Crippen LogP contribution in [0.2, 0.25) is 0 Å². The Balaban J connectivity index is 2.15. The second-order valence-electron chi connectivity index (χ2n) is 4.96. The van der Waals surface area contributed by atoms with Gasteiger partial charge < -0.3 is 9.84 Å². The number of aliphatic hydroxyl groups is 1. The lowest BCUT2D eigenvalue weighted by atomic mass is 9.72. The van der Waals surface area contributed by atoms with Crippen LogP contribution >= 0.6 is 0 Å². The second-order valence-corrected chi connectivity index (χ2v) is 4.96. The van der Waals surface area contributed by atoms with Crippen LogP contribution in [-0.4, -0.2) is 21.5 Å². The molecule has 2 aromatic rings. The minimum atomic E-state index is -0.997. The third kappa shape index (κ3) is 1.69. The predicted octanol–water partition coefficient (Wildman–Crippen LogP) is 1.70. The Bertz CT molecular complexity index is 674. The quantitative estimate of drug-likeness (QED) is 0.900. The maximum Gasteiger partial charge on any atom is 0.124 e.